The van der Waals surface area contributed by atoms with Gasteiger partial charge in [-0.3, -0.25) is 4.79 Å². The second-order valence-electron chi connectivity index (χ2n) is 9.19. The van der Waals surface area contributed by atoms with Crippen LogP contribution >= 0.6 is 11.3 Å². The monoisotopic (exact) mass is 410 g/mol. The molecule has 0 unspecified atom stereocenters. The van der Waals surface area contributed by atoms with Gasteiger partial charge in [-0.15, -0.1) is 11.3 Å². The molecule has 29 heavy (non-hydrogen) atoms. The van der Waals surface area contributed by atoms with E-state index in [0.29, 0.717) is 28.1 Å². The summed E-state index contributed by atoms with van der Waals surface area (Å²) in [6, 6.07) is 10.1. The number of fused-ring (bicyclic) bond motifs is 1. The first-order valence-corrected chi connectivity index (χ1v) is 11.1. The molecule has 3 rings (SSSR count). The maximum atomic E-state index is 12.4. The normalized spacial score (nSPS) is 16.2. The molecular formula is C24H30N2O2S. The lowest BCUT2D eigenvalue weighted by molar-refractivity contribution is -0.118. The molecule has 1 amide bonds. The van der Waals surface area contributed by atoms with E-state index in [-0.39, 0.29) is 17.9 Å². The van der Waals surface area contributed by atoms with Crippen LogP contribution in [0.3, 0.4) is 0 Å². The average Bonchev–Trinajstić information content (AvgIpc) is 3.02. The van der Waals surface area contributed by atoms with Gasteiger partial charge >= 0.3 is 0 Å². The van der Waals surface area contributed by atoms with Gasteiger partial charge in [-0.25, -0.2) is 0 Å². The van der Waals surface area contributed by atoms with Crippen molar-refractivity contribution >= 4 is 22.2 Å². The Morgan fingerprint density at radius 2 is 2.00 bits per heavy atom. The Balaban J connectivity index is 1.65. The Hall–Kier alpha value is -2.32. The summed E-state index contributed by atoms with van der Waals surface area (Å²) in [6.45, 7) is 11.0. The highest BCUT2D eigenvalue weighted by Gasteiger charge is 2.32. The number of anilines is 1. The smallest absolute Gasteiger partial charge is 0.262 e. The van der Waals surface area contributed by atoms with E-state index in [1.54, 1.807) is 11.3 Å². The van der Waals surface area contributed by atoms with Crippen LogP contribution in [0.5, 0.6) is 5.75 Å². The lowest BCUT2D eigenvalue weighted by Gasteiger charge is -2.33. The van der Waals surface area contributed by atoms with Crippen molar-refractivity contribution in [2.24, 2.45) is 11.3 Å². The Bertz CT molecular complexity index is 914. The van der Waals surface area contributed by atoms with Gasteiger partial charge in [-0.05, 0) is 59.8 Å². The molecule has 0 saturated carbocycles. The number of thiophene rings is 1. The molecule has 5 heteroatoms. The summed E-state index contributed by atoms with van der Waals surface area (Å²) in [5.41, 5.74) is 3.24. The third kappa shape index (κ3) is 5.00. The fourth-order valence-electron chi connectivity index (χ4n) is 3.79. The van der Waals surface area contributed by atoms with Gasteiger partial charge in [-0.2, -0.15) is 5.26 Å². The van der Waals surface area contributed by atoms with E-state index >= 15 is 0 Å². The molecular weight excluding hydrogens is 380 g/mol. The molecule has 0 spiro atoms. The molecule has 1 atom stereocenters. The molecule has 2 aromatic rings. The number of nitriles is 1. The number of nitrogens with zero attached hydrogens (tertiary/aromatic N) is 1. The summed E-state index contributed by atoms with van der Waals surface area (Å²) < 4.78 is 5.62. The van der Waals surface area contributed by atoms with Crippen molar-refractivity contribution < 1.29 is 9.53 Å². The van der Waals surface area contributed by atoms with Crippen LogP contribution in [-0.2, 0) is 17.6 Å². The fraction of sp³-hybridized carbons (Fsp3) is 0.500. The van der Waals surface area contributed by atoms with Crippen LogP contribution in [0.1, 0.15) is 68.5 Å². The van der Waals surface area contributed by atoms with Crippen molar-refractivity contribution in [2.75, 3.05) is 11.9 Å². The van der Waals surface area contributed by atoms with Crippen molar-refractivity contribution in [2.45, 2.75) is 59.8 Å². The molecule has 1 N–H and O–H groups in total. The first kappa shape index (κ1) is 21.4. The zero-order valence-electron chi connectivity index (χ0n) is 18.0. The van der Waals surface area contributed by atoms with Gasteiger partial charge < -0.3 is 10.1 Å². The quantitative estimate of drug-likeness (QED) is 0.666. The molecule has 1 aliphatic carbocycles. The first-order valence-electron chi connectivity index (χ1n) is 10.3. The zero-order valence-corrected chi connectivity index (χ0v) is 18.8. The Morgan fingerprint density at radius 1 is 1.31 bits per heavy atom. The average molecular weight is 411 g/mol. The maximum absolute atomic E-state index is 12.4. The van der Waals surface area contributed by atoms with Crippen LogP contribution < -0.4 is 10.1 Å². The zero-order chi connectivity index (χ0) is 21.2. The molecule has 4 nitrogen and oxygen atoms in total. The van der Waals surface area contributed by atoms with Gasteiger partial charge in [-0.1, -0.05) is 46.8 Å². The standard InChI is InChI=1S/C24H30N2O2S/c1-15(2)16-6-9-18(10-7-16)28-14-22(27)26-23-20(13-25)19-11-8-17(24(3,4)5)12-21(19)29-23/h6-7,9-10,15,17H,8,11-12,14H2,1-5H3,(H,26,27)/t17-/m1/s1. The third-order valence-corrected chi connectivity index (χ3v) is 6.94. The molecule has 0 bridgehead atoms. The number of amides is 1. The van der Waals surface area contributed by atoms with Crippen LogP contribution in [0.25, 0.3) is 0 Å². The summed E-state index contributed by atoms with van der Waals surface area (Å²) in [5.74, 6) is 1.49. The number of hydrogen-bond donors (Lipinski definition) is 1. The van der Waals surface area contributed by atoms with Crippen molar-refractivity contribution in [1.29, 1.82) is 5.26 Å². The van der Waals surface area contributed by atoms with E-state index in [1.165, 1.54) is 10.4 Å². The molecule has 0 radical (unpaired) electrons. The first-order chi connectivity index (χ1) is 13.7. The van der Waals surface area contributed by atoms with E-state index in [2.05, 4.69) is 46.0 Å². The molecule has 1 aromatic heterocycles. The van der Waals surface area contributed by atoms with E-state index in [1.807, 2.05) is 24.3 Å². The number of nitrogens with one attached hydrogen (secondary N) is 1. The summed E-state index contributed by atoms with van der Waals surface area (Å²) in [6.07, 6.45) is 2.97. The molecule has 154 valence electrons. The lowest BCUT2D eigenvalue weighted by Crippen LogP contribution is -2.26. The summed E-state index contributed by atoms with van der Waals surface area (Å²) in [4.78, 5) is 13.7. The topological polar surface area (TPSA) is 62.1 Å². The second-order valence-corrected chi connectivity index (χ2v) is 10.3. The predicted octanol–water partition coefficient (Wildman–Crippen LogP) is 5.91. The number of benzene rings is 1. The van der Waals surface area contributed by atoms with Crippen molar-refractivity contribution in [3.63, 3.8) is 0 Å². The number of rotatable bonds is 5. The summed E-state index contributed by atoms with van der Waals surface area (Å²) in [7, 11) is 0. The van der Waals surface area contributed by atoms with Crippen molar-refractivity contribution in [1.82, 2.24) is 0 Å². The Morgan fingerprint density at radius 3 is 2.59 bits per heavy atom. The molecule has 0 aliphatic heterocycles. The molecule has 1 aliphatic rings. The van der Waals surface area contributed by atoms with Crippen LogP contribution in [0, 0.1) is 22.7 Å². The highest BCUT2D eigenvalue weighted by molar-refractivity contribution is 7.16. The van der Waals surface area contributed by atoms with Crippen LogP contribution in [0.4, 0.5) is 5.00 Å². The third-order valence-electron chi connectivity index (χ3n) is 5.77. The van der Waals surface area contributed by atoms with E-state index in [0.717, 1.165) is 24.8 Å². The van der Waals surface area contributed by atoms with Crippen LogP contribution in [0.2, 0.25) is 0 Å². The van der Waals surface area contributed by atoms with E-state index in [4.69, 9.17) is 4.74 Å². The Labute approximate surface area is 177 Å². The lowest BCUT2D eigenvalue weighted by atomic mass is 9.72. The summed E-state index contributed by atoms with van der Waals surface area (Å²) in [5, 5.41) is 13.2. The molecule has 1 aromatic carbocycles. The summed E-state index contributed by atoms with van der Waals surface area (Å²) >= 11 is 1.55. The van der Waals surface area contributed by atoms with Crippen LogP contribution in [-0.4, -0.2) is 12.5 Å². The van der Waals surface area contributed by atoms with Gasteiger partial charge in [0.1, 0.15) is 16.8 Å². The van der Waals surface area contributed by atoms with Crippen molar-refractivity contribution in [3.8, 4) is 11.8 Å². The number of hydrogen-bond acceptors (Lipinski definition) is 4. The maximum Gasteiger partial charge on any atom is 0.262 e. The highest BCUT2D eigenvalue weighted by atomic mass is 32.1. The molecule has 1 heterocycles. The van der Waals surface area contributed by atoms with E-state index < -0.39 is 0 Å². The minimum absolute atomic E-state index is 0.0704. The predicted molar refractivity (Wildman–Crippen MR) is 119 cm³/mol. The van der Waals surface area contributed by atoms with Gasteiger partial charge in [0, 0.05) is 4.88 Å². The van der Waals surface area contributed by atoms with Crippen molar-refractivity contribution in [3.05, 3.63) is 45.8 Å². The van der Waals surface area contributed by atoms with Gasteiger partial charge in [0.2, 0.25) is 0 Å². The number of carbonyl (C=O) groups is 1. The molecule has 0 saturated heterocycles. The van der Waals surface area contributed by atoms with Gasteiger partial charge in [0.25, 0.3) is 5.91 Å². The molecule has 0 fully saturated rings. The largest absolute Gasteiger partial charge is 0.484 e. The minimum atomic E-state index is -0.236. The Kier molecular flexibility index (Phi) is 6.33. The second kappa shape index (κ2) is 8.59. The van der Waals surface area contributed by atoms with Crippen LogP contribution in [0.15, 0.2) is 24.3 Å². The minimum Gasteiger partial charge on any atom is -0.484 e. The SMILES string of the molecule is CC(C)c1ccc(OCC(=O)Nc2sc3c(c2C#N)CC[C@@H](C(C)(C)C)C3)cc1. The fourth-order valence-corrected chi connectivity index (χ4v) is 5.09. The number of carbonyl (C=O) groups excluding carboxylic acids is 1. The number of ether oxygens (including phenoxy) is 1. The van der Waals surface area contributed by atoms with E-state index in [9.17, 15) is 10.1 Å². The van der Waals surface area contributed by atoms with Gasteiger partial charge in [0.05, 0.1) is 5.56 Å². The highest BCUT2D eigenvalue weighted by Crippen LogP contribution is 2.43. The van der Waals surface area contributed by atoms with Gasteiger partial charge in [0.15, 0.2) is 6.61 Å².